The molecule has 1 aliphatic heterocycles. The van der Waals surface area contributed by atoms with E-state index in [4.69, 9.17) is 9.47 Å². The van der Waals surface area contributed by atoms with Crippen molar-refractivity contribution in [2.45, 2.75) is 22.1 Å². The number of hydrogen-bond acceptors (Lipinski definition) is 6. The second kappa shape index (κ2) is 8.56. The van der Waals surface area contributed by atoms with Crippen molar-refractivity contribution >= 4 is 32.8 Å². The average Bonchev–Trinajstić information content (AvgIpc) is 3.22. The second-order valence-corrected chi connectivity index (χ2v) is 9.77. The van der Waals surface area contributed by atoms with Crippen LogP contribution in [0.3, 0.4) is 0 Å². The average molecular weight is 456 g/mol. The summed E-state index contributed by atoms with van der Waals surface area (Å²) in [6, 6.07) is 13.7. The van der Waals surface area contributed by atoms with Crippen molar-refractivity contribution in [2.24, 2.45) is 0 Å². The smallest absolute Gasteiger partial charge is 0.225 e. The van der Waals surface area contributed by atoms with Crippen LogP contribution in [0.15, 0.2) is 76.4 Å². The number of hydrogen-bond donors (Lipinski definition) is 1. The highest BCUT2D eigenvalue weighted by Gasteiger charge is 2.36. The first-order valence-electron chi connectivity index (χ1n) is 9.59. The Labute approximate surface area is 185 Å². The standard InChI is InChI=1S/C23H21NO5S2/c1-3-12-29-22-16(10-7-11-18(22)28-2)17-13-20(25)24-21-19(14-30-23(17)21)31(26,27)15-8-5-4-6-9-15/h3-11,14,17H,1,12-13H2,2H3,(H,24,25)/t17-/m0/s1. The van der Waals surface area contributed by atoms with E-state index >= 15 is 0 Å². The molecule has 1 N–H and O–H groups in total. The van der Waals surface area contributed by atoms with Gasteiger partial charge in [0.15, 0.2) is 11.5 Å². The molecule has 31 heavy (non-hydrogen) atoms. The van der Waals surface area contributed by atoms with Crippen molar-refractivity contribution in [3.8, 4) is 11.5 Å². The van der Waals surface area contributed by atoms with E-state index in [0.717, 1.165) is 10.4 Å². The molecule has 2 aromatic carbocycles. The lowest BCUT2D eigenvalue weighted by molar-refractivity contribution is -0.116. The Morgan fingerprint density at radius 3 is 2.68 bits per heavy atom. The Balaban J connectivity index is 1.85. The molecule has 4 rings (SSSR count). The number of ether oxygens (including phenoxy) is 2. The van der Waals surface area contributed by atoms with Gasteiger partial charge in [0.25, 0.3) is 0 Å². The fraction of sp³-hybridized carbons (Fsp3) is 0.174. The molecule has 0 fully saturated rings. The summed E-state index contributed by atoms with van der Waals surface area (Å²) in [5, 5.41) is 4.37. The van der Waals surface area contributed by atoms with Gasteiger partial charge in [-0.3, -0.25) is 4.79 Å². The first kappa shape index (κ1) is 21.1. The maximum atomic E-state index is 13.2. The third-order valence-corrected chi connectivity index (χ3v) is 8.09. The third kappa shape index (κ3) is 3.84. The minimum Gasteiger partial charge on any atom is -0.493 e. The Morgan fingerprint density at radius 1 is 1.19 bits per heavy atom. The van der Waals surface area contributed by atoms with E-state index in [1.54, 1.807) is 55.0 Å². The Bertz CT molecular complexity index is 1230. The van der Waals surface area contributed by atoms with Gasteiger partial charge in [-0.25, -0.2) is 8.42 Å². The maximum absolute atomic E-state index is 13.2. The van der Waals surface area contributed by atoms with Crippen LogP contribution in [0, 0.1) is 0 Å². The van der Waals surface area contributed by atoms with Gasteiger partial charge in [0, 0.05) is 28.2 Å². The van der Waals surface area contributed by atoms with E-state index < -0.39 is 9.84 Å². The summed E-state index contributed by atoms with van der Waals surface area (Å²) < 4.78 is 37.8. The molecule has 1 aliphatic rings. The number of para-hydroxylation sites is 1. The quantitative estimate of drug-likeness (QED) is 0.526. The summed E-state index contributed by atoms with van der Waals surface area (Å²) >= 11 is 1.31. The van der Waals surface area contributed by atoms with Crippen molar-refractivity contribution in [1.82, 2.24) is 0 Å². The van der Waals surface area contributed by atoms with Crippen molar-refractivity contribution in [2.75, 3.05) is 19.0 Å². The molecule has 1 amide bonds. The van der Waals surface area contributed by atoms with Crippen molar-refractivity contribution < 1.29 is 22.7 Å². The number of nitrogens with one attached hydrogen (secondary N) is 1. The summed E-state index contributed by atoms with van der Waals surface area (Å²) in [6.07, 6.45) is 1.81. The minimum atomic E-state index is -3.78. The van der Waals surface area contributed by atoms with Crippen LogP contribution >= 0.6 is 11.3 Å². The van der Waals surface area contributed by atoms with Crippen LogP contribution in [0.25, 0.3) is 0 Å². The lowest BCUT2D eigenvalue weighted by atomic mass is 9.89. The molecule has 0 unspecified atom stereocenters. The van der Waals surface area contributed by atoms with E-state index in [-0.39, 0.29) is 34.6 Å². The number of methoxy groups -OCH3 is 1. The highest BCUT2D eigenvalue weighted by molar-refractivity contribution is 7.91. The van der Waals surface area contributed by atoms with Crippen LogP contribution in [0.1, 0.15) is 22.8 Å². The van der Waals surface area contributed by atoms with Gasteiger partial charge in [-0.1, -0.05) is 43.0 Å². The molecule has 0 spiro atoms. The monoisotopic (exact) mass is 455 g/mol. The zero-order valence-corrected chi connectivity index (χ0v) is 18.5. The Hall–Kier alpha value is -3.10. The molecule has 0 radical (unpaired) electrons. The molecule has 2 heterocycles. The third-order valence-electron chi connectivity index (χ3n) is 5.05. The molecule has 160 valence electrons. The van der Waals surface area contributed by atoms with Gasteiger partial charge in [-0.05, 0) is 18.2 Å². The number of carbonyl (C=O) groups is 1. The summed E-state index contributed by atoms with van der Waals surface area (Å²) in [4.78, 5) is 13.7. The van der Waals surface area contributed by atoms with Crippen LogP contribution in [0.4, 0.5) is 5.69 Å². The summed E-state index contributed by atoms with van der Waals surface area (Å²) in [6.45, 7) is 3.96. The number of amides is 1. The fourth-order valence-electron chi connectivity index (χ4n) is 3.64. The van der Waals surface area contributed by atoms with Crippen LogP contribution in [0.2, 0.25) is 0 Å². The number of anilines is 1. The molecular weight excluding hydrogens is 434 g/mol. The summed E-state index contributed by atoms with van der Waals surface area (Å²) in [7, 11) is -2.23. The van der Waals surface area contributed by atoms with Crippen LogP contribution in [-0.2, 0) is 14.6 Å². The van der Waals surface area contributed by atoms with Gasteiger partial charge < -0.3 is 14.8 Å². The van der Waals surface area contributed by atoms with Crippen molar-refractivity contribution in [1.29, 1.82) is 0 Å². The predicted molar refractivity (Wildman–Crippen MR) is 120 cm³/mol. The van der Waals surface area contributed by atoms with Crippen molar-refractivity contribution in [3.63, 3.8) is 0 Å². The van der Waals surface area contributed by atoms with Crippen molar-refractivity contribution in [3.05, 3.63) is 77.0 Å². The summed E-state index contributed by atoms with van der Waals surface area (Å²) in [5.74, 6) is 0.457. The van der Waals surface area contributed by atoms with Gasteiger partial charge in [-0.15, -0.1) is 11.3 Å². The molecular formula is C23H21NO5S2. The van der Waals surface area contributed by atoms with Gasteiger partial charge in [-0.2, -0.15) is 0 Å². The lowest BCUT2D eigenvalue weighted by Crippen LogP contribution is -2.24. The normalized spacial score (nSPS) is 15.6. The molecule has 0 bridgehead atoms. The van der Waals surface area contributed by atoms with Gasteiger partial charge in [0.2, 0.25) is 15.7 Å². The van der Waals surface area contributed by atoms with E-state index in [0.29, 0.717) is 17.2 Å². The zero-order valence-electron chi connectivity index (χ0n) is 16.8. The highest BCUT2D eigenvalue weighted by atomic mass is 32.2. The van der Waals surface area contributed by atoms with Gasteiger partial charge in [0.1, 0.15) is 11.5 Å². The number of sulfone groups is 1. The van der Waals surface area contributed by atoms with Crippen LogP contribution in [0.5, 0.6) is 11.5 Å². The Morgan fingerprint density at radius 2 is 1.97 bits per heavy atom. The number of benzene rings is 2. The zero-order chi connectivity index (χ0) is 22.0. The first-order valence-corrected chi connectivity index (χ1v) is 12.0. The number of rotatable bonds is 7. The minimum absolute atomic E-state index is 0.105. The molecule has 0 saturated heterocycles. The van der Waals surface area contributed by atoms with E-state index in [9.17, 15) is 13.2 Å². The lowest BCUT2D eigenvalue weighted by Gasteiger charge is -2.26. The van der Waals surface area contributed by atoms with E-state index in [1.807, 2.05) is 12.1 Å². The fourth-order valence-corrected chi connectivity index (χ4v) is 6.56. The molecule has 6 nitrogen and oxygen atoms in total. The predicted octanol–water partition coefficient (Wildman–Crippen LogP) is 4.63. The van der Waals surface area contributed by atoms with E-state index in [2.05, 4.69) is 11.9 Å². The van der Waals surface area contributed by atoms with Crippen LogP contribution < -0.4 is 14.8 Å². The molecule has 1 aromatic heterocycles. The molecule has 0 aliphatic carbocycles. The molecule has 3 aromatic rings. The number of fused-ring (bicyclic) bond motifs is 1. The SMILES string of the molecule is C=CCOc1c(OC)cccc1[C@@H]1CC(=O)Nc2c(S(=O)(=O)c3ccccc3)csc21. The Kier molecular flexibility index (Phi) is 5.84. The molecule has 8 heteroatoms. The molecule has 1 atom stereocenters. The van der Waals surface area contributed by atoms with E-state index in [1.165, 1.54) is 11.3 Å². The van der Waals surface area contributed by atoms with Gasteiger partial charge >= 0.3 is 0 Å². The number of thiophene rings is 1. The van der Waals surface area contributed by atoms with Gasteiger partial charge in [0.05, 0.1) is 17.7 Å². The topological polar surface area (TPSA) is 81.7 Å². The number of carbonyl (C=O) groups excluding carboxylic acids is 1. The van der Waals surface area contributed by atoms with Crippen LogP contribution in [-0.4, -0.2) is 28.0 Å². The largest absolute Gasteiger partial charge is 0.493 e. The maximum Gasteiger partial charge on any atom is 0.225 e. The first-order chi connectivity index (χ1) is 15.0. The summed E-state index contributed by atoms with van der Waals surface area (Å²) in [5.41, 5.74) is 1.11. The highest BCUT2D eigenvalue weighted by Crippen LogP contribution is 2.49. The molecule has 0 saturated carbocycles. The second-order valence-electron chi connectivity index (χ2n) is 6.94.